The summed E-state index contributed by atoms with van der Waals surface area (Å²) in [5.74, 6) is -0.740. The van der Waals surface area contributed by atoms with Crippen LogP contribution in [-0.4, -0.2) is 19.5 Å². The molecule has 5 heteroatoms. The van der Waals surface area contributed by atoms with Crippen LogP contribution < -0.4 is 16.0 Å². The number of nitrogen functional groups attached to an aromatic ring is 1. The average Bonchev–Trinajstić information content (AvgIpc) is 2.49. The van der Waals surface area contributed by atoms with Gasteiger partial charge in [0, 0.05) is 31.4 Å². The summed E-state index contributed by atoms with van der Waals surface area (Å²) >= 11 is 0. The minimum Gasteiger partial charge on any atom is -0.399 e. The van der Waals surface area contributed by atoms with E-state index in [4.69, 9.17) is 5.73 Å². The van der Waals surface area contributed by atoms with E-state index in [-0.39, 0.29) is 18.0 Å². The van der Waals surface area contributed by atoms with Gasteiger partial charge in [0.25, 0.3) is 0 Å². The van der Waals surface area contributed by atoms with E-state index in [9.17, 15) is 9.18 Å². The van der Waals surface area contributed by atoms with E-state index in [1.54, 1.807) is 0 Å². The molecule has 0 aromatic heterocycles. The maximum Gasteiger partial charge on any atom is 0.226 e. The highest BCUT2D eigenvalue weighted by molar-refractivity contribution is 5.91. The molecule has 2 aromatic carbocycles. The van der Waals surface area contributed by atoms with Gasteiger partial charge < -0.3 is 16.0 Å². The Balaban J connectivity index is 1.89. The highest BCUT2D eigenvalue weighted by Crippen LogP contribution is 2.18. The molecule has 110 valence electrons. The molecule has 0 aliphatic carbocycles. The zero-order chi connectivity index (χ0) is 15.2. The number of hydrogen-bond acceptors (Lipinski definition) is 3. The summed E-state index contributed by atoms with van der Waals surface area (Å²) in [5, 5.41) is 2.54. The van der Waals surface area contributed by atoms with Crippen LogP contribution >= 0.6 is 0 Å². The van der Waals surface area contributed by atoms with Crippen molar-refractivity contribution >= 4 is 23.0 Å². The summed E-state index contributed by atoms with van der Waals surface area (Å²) in [7, 11) is 1.91. The van der Waals surface area contributed by atoms with Crippen molar-refractivity contribution in [3.63, 3.8) is 0 Å². The summed E-state index contributed by atoms with van der Waals surface area (Å²) in [5.41, 5.74) is 7.13. The summed E-state index contributed by atoms with van der Waals surface area (Å²) in [4.78, 5) is 13.8. The third-order valence-electron chi connectivity index (χ3n) is 3.14. The fourth-order valence-electron chi connectivity index (χ4n) is 1.93. The number of anilines is 3. The largest absolute Gasteiger partial charge is 0.399 e. The van der Waals surface area contributed by atoms with E-state index in [1.165, 1.54) is 18.2 Å². The molecule has 0 bridgehead atoms. The number of halogens is 1. The fraction of sp³-hybridized carbons (Fsp3) is 0.188. The summed E-state index contributed by atoms with van der Waals surface area (Å²) in [6.45, 7) is 0.541. The van der Waals surface area contributed by atoms with Crippen LogP contribution in [0, 0.1) is 5.82 Å². The first-order chi connectivity index (χ1) is 10.1. The van der Waals surface area contributed by atoms with E-state index < -0.39 is 5.82 Å². The molecule has 0 aliphatic heterocycles. The van der Waals surface area contributed by atoms with Crippen molar-refractivity contribution in [1.29, 1.82) is 0 Å². The lowest BCUT2D eigenvalue weighted by atomic mass is 10.2. The quantitative estimate of drug-likeness (QED) is 0.831. The van der Waals surface area contributed by atoms with Gasteiger partial charge in [0.1, 0.15) is 5.82 Å². The van der Waals surface area contributed by atoms with Crippen LogP contribution in [0.2, 0.25) is 0 Å². The lowest BCUT2D eigenvalue weighted by molar-refractivity contribution is -0.116. The molecule has 2 rings (SSSR count). The second-order valence-electron chi connectivity index (χ2n) is 4.79. The van der Waals surface area contributed by atoms with Crippen molar-refractivity contribution in [1.82, 2.24) is 0 Å². The van der Waals surface area contributed by atoms with Gasteiger partial charge in [-0.05, 0) is 30.3 Å². The summed E-state index contributed by atoms with van der Waals surface area (Å²) < 4.78 is 13.5. The predicted molar refractivity (Wildman–Crippen MR) is 83.8 cm³/mol. The lowest BCUT2D eigenvalue weighted by Crippen LogP contribution is -2.24. The first-order valence-electron chi connectivity index (χ1n) is 6.67. The number of nitrogens with zero attached hydrogens (tertiary/aromatic N) is 1. The molecule has 0 heterocycles. The Hall–Kier alpha value is -2.56. The normalized spacial score (nSPS) is 10.2. The number of para-hydroxylation sites is 1. The Morgan fingerprint density at radius 1 is 1.24 bits per heavy atom. The molecule has 0 saturated carbocycles. The number of rotatable bonds is 5. The van der Waals surface area contributed by atoms with Crippen LogP contribution in [0.3, 0.4) is 0 Å². The molecule has 3 N–H and O–H groups in total. The molecule has 0 saturated heterocycles. The standard InChI is InChI=1S/C16H18FN3O/c1-20(13-5-3-2-4-6-13)10-9-16(21)19-15-11-12(18)7-8-14(15)17/h2-8,11H,9-10,18H2,1H3,(H,19,21). The van der Waals surface area contributed by atoms with Gasteiger partial charge in [-0.1, -0.05) is 18.2 Å². The highest BCUT2D eigenvalue weighted by atomic mass is 19.1. The number of carbonyl (C=O) groups is 1. The van der Waals surface area contributed by atoms with Crippen molar-refractivity contribution in [3.8, 4) is 0 Å². The molecule has 4 nitrogen and oxygen atoms in total. The number of amides is 1. The minimum absolute atomic E-state index is 0.113. The van der Waals surface area contributed by atoms with Crippen LogP contribution in [0.25, 0.3) is 0 Å². The number of carbonyl (C=O) groups excluding carboxylic acids is 1. The van der Waals surface area contributed by atoms with Crippen LogP contribution in [0.15, 0.2) is 48.5 Å². The zero-order valence-electron chi connectivity index (χ0n) is 11.8. The van der Waals surface area contributed by atoms with Gasteiger partial charge in [0.05, 0.1) is 5.69 Å². The van der Waals surface area contributed by atoms with E-state index in [0.29, 0.717) is 12.2 Å². The Morgan fingerprint density at radius 2 is 1.95 bits per heavy atom. The maximum absolute atomic E-state index is 13.5. The van der Waals surface area contributed by atoms with Crippen molar-refractivity contribution in [2.24, 2.45) is 0 Å². The second-order valence-corrected chi connectivity index (χ2v) is 4.79. The molecular formula is C16H18FN3O. The summed E-state index contributed by atoms with van der Waals surface area (Å²) in [6.07, 6.45) is 0.264. The number of benzene rings is 2. The molecule has 0 atom stereocenters. The highest BCUT2D eigenvalue weighted by Gasteiger charge is 2.09. The van der Waals surface area contributed by atoms with Gasteiger partial charge in [0.15, 0.2) is 0 Å². The fourth-order valence-corrected chi connectivity index (χ4v) is 1.93. The lowest BCUT2D eigenvalue weighted by Gasteiger charge is -2.18. The Bertz CT molecular complexity index is 616. The number of nitrogens with two attached hydrogens (primary N) is 1. The Labute approximate surface area is 123 Å². The van der Waals surface area contributed by atoms with Crippen LogP contribution in [0.5, 0.6) is 0 Å². The van der Waals surface area contributed by atoms with Gasteiger partial charge in [-0.2, -0.15) is 0 Å². The second kappa shape index (κ2) is 6.74. The van der Waals surface area contributed by atoms with Crippen molar-refractivity contribution < 1.29 is 9.18 Å². The van der Waals surface area contributed by atoms with Crippen molar-refractivity contribution in [3.05, 3.63) is 54.3 Å². The van der Waals surface area contributed by atoms with Gasteiger partial charge in [-0.15, -0.1) is 0 Å². The maximum atomic E-state index is 13.5. The first-order valence-corrected chi connectivity index (χ1v) is 6.67. The van der Waals surface area contributed by atoms with Crippen molar-refractivity contribution in [2.45, 2.75) is 6.42 Å². The van der Waals surface area contributed by atoms with Crippen molar-refractivity contribution in [2.75, 3.05) is 29.5 Å². The Kier molecular flexibility index (Phi) is 4.77. The van der Waals surface area contributed by atoms with Gasteiger partial charge in [-0.3, -0.25) is 4.79 Å². The topological polar surface area (TPSA) is 58.4 Å². The Morgan fingerprint density at radius 3 is 2.67 bits per heavy atom. The molecular weight excluding hydrogens is 269 g/mol. The molecule has 0 spiro atoms. The van der Waals surface area contributed by atoms with Gasteiger partial charge >= 0.3 is 0 Å². The monoisotopic (exact) mass is 287 g/mol. The number of nitrogens with one attached hydrogen (secondary N) is 1. The predicted octanol–water partition coefficient (Wildman–Crippen LogP) is 2.87. The van der Waals surface area contributed by atoms with E-state index >= 15 is 0 Å². The average molecular weight is 287 g/mol. The smallest absolute Gasteiger partial charge is 0.226 e. The minimum atomic E-state index is -0.492. The van der Waals surface area contributed by atoms with Crippen LogP contribution in [0.1, 0.15) is 6.42 Å². The summed E-state index contributed by atoms with van der Waals surface area (Å²) in [6, 6.07) is 13.9. The van der Waals surface area contributed by atoms with E-state index in [1.807, 2.05) is 42.3 Å². The van der Waals surface area contributed by atoms with Crippen LogP contribution in [0.4, 0.5) is 21.5 Å². The molecule has 0 fully saturated rings. The van der Waals surface area contributed by atoms with E-state index in [2.05, 4.69) is 5.32 Å². The van der Waals surface area contributed by atoms with Gasteiger partial charge in [0.2, 0.25) is 5.91 Å². The molecule has 1 amide bonds. The molecule has 2 aromatic rings. The zero-order valence-corrected chi connectivity index (χ0v) is 11.8. The molecule has 0 aliphatic rings. The van der Waals surface area contributed by atoms with Gasteiger partial charge in [-0.25, -0.2) is 4.39 Å². The number of hydrogen-bond donors (Lipinski definition) is 2. The third kappa shape index (κ3) is 4.21. The first kappa shape index (κ1) is 14.8. The van der Waals surface area contributed by atoms with Crippen LogP contribution in [-0.2, 0) is 4.79 Å². The molecule has 0 radical (unpaired) electrons. The molecule has 0 unspecified atom stereocenters. The SMILES string of the molecule is CN(CCC(=O)Nc1cc(N)ccc1F)c1ccccc1. The third-order valence-corrected chi connectivity index (χ3v) is 3.14. The van der Waals surface area contributed by atoms with E-state index in [0.717, 1.165) is 5.69 Å². The molecule has 21 heavy (non-hydrogen) atoms.